The number of hydrogen-bond acceptors (Lipinski definition) is 5. The van der Waals surface area contributed by atoms with Gasteiger partial charge < -0.3 is 15.5 Å². The highest BCUT2D eigenvalue weighted by Crippen LogP contribution is 2.11. The van der Waals surface area contributed by atoms with E-state index in [9.17, 15) is 4.79 Å². The summed E-state index contributed by atoms with van der Waals surface area (Å²) in [6, 6.07) is -0.605. The number of nitrogens with zero attached hydrogens (tertiary/aromatic N) is 2. The lowest BCUT2D eigenvalue weighted by molar-refractivity contribution is -0.121. The monoisotopic (exact) mass is 255 g/mol. The molecule has 0 aliphatic rings. The molecule has 0 spiro atoms. The van der Waals surface area contributed by atoms with E-state index in [4.69, 9.17) is 10.2 Å². The van der Waals surface area contributed by atoms with Gasteiger partial charge in [0.05, 0.1) is 31.4 Å². The second kappa shape index (κ2) is 5.26. The molecule has 0 saturated carbocycles. The summed E-state index contributed by atoms with van der Waals surface area (Å²) in [6.45, 7) is -0.555. The molecule has 0 fully saturated rings. The Bertz CT molecular complexity index is 475. The Kier molecular flexibility index (Phi) is 3.72. The van der Waals surface area contributed by atoms with Crippen LogP contribution in [0.4, 0.5) is 0 Å². The van der Waals surface area contributed by atoms with Crippen LogP contribution >= 0.6 is 11.3 Å². The number of aliphatic hydroxyl groups is 2. The van der Waals surface area contributed by atoms with Crippen molar-refractivity contribution in [3.8, 4) is 0 Å². The summed E-state index contributed by atoms with van der Waals surface area (Å²) in [5.41, 5.74) is 0.670. The zero-order chi connectivity index (χ0) is 12.3. The van der Waals surface area contributed by atoms with Crippen LogP contribution in [0.15, 0.2) is 17.8 Å². The number of aliphatic hydroxyl groups excluding tert-OH is 2. The Hall–Kier alpha value is -1.44. The Morgan fingerprint density at radius 1 is 1.53 bits per heavy atom. The van der Waals surface area contributed by atoms with E-state index in [1.165, 1.54) is 11.3 Å². The highest BCUT2D eigenvalue weighted by atomic mass is 32.1. The minimum absolute atomic E-state index is 0.144. The topological polar surface area (TPSA) is 86.9 Å². The van der Waals surface area contributed by atoms with Gasteiger partial charge in [-0.2, -0.15) is 0 Å². The molecule has 2 rings (SSSR count). The number of rotatable bonds is 5. The molecule has 2 heterocycles. The maximum absolute atomic E-state index is 11.6. The van der Waals surface area contributed by atoms with Gasteiger partial charge in [-0.3, -0.25) is 9.20 Å². The first-order valence-corrected chi connectivity index (χ1v) is 6.03. The zero-order valence-electron chi connectivity index (χ0n) is 9.04. The van der Waals surface area contributed by atoms with Gasteiger partial charge in [0.1, 0.15) is 0 Å². The van der Waals surface area contributed by atoms with E-state index in [0.29, 0.717) is 5.69 Å². The molecule has 2 aromatic rings. The number of carbonyl (C=O) groups is 1. The first-order chi connectivity index (χ1) is 8.22. The standard InChI is InChI=1S/C10H13N3O3S/c14-5-8(6-15)11-9(16)3-7-4-13-1-2-17-10(13)12-7/h1-2,4,8,14-15H,3,5-6H2,(H,11,16). The summed E-state index contributed by atoms with van der Waals surface area (Å²) in [6.07, 6.45) is 3.81. The lowest BCUT2D eigenvalue weighted by Gasteiger charge is -2.12. The van der Waals surface area contributed by atoms with E-state index in [2.05, 4.69) is 10.3 Å². The van der Waals surface area contributed by atoms with Gasteiger partial charge in [-0.25, -0.2) is 4.98 Å². The molecule has 1 amide bonds. The van der Waals surface area contributed by atoms with Crippen molar-refractivity contribution in [3.63, 3.8) is 0 Å². The van der Waals surface area contributed by atoms with Crippen molar-refractivity contribution in [1.29, 1.82) is 0 Å². The third-order valence-electron chi connectivity index (χ3n) is 2.29. The molecule has 17 heavy (non-hydrogen) atoms. The molecule has 2 aromatic heterocycles. The summed E-state index contributed by atoms with van der Waals surface area (Å²) in [5.74, 6) is -0.260. The molecule has 0 unspecified atom stereocenters. The van der Waals surface area contributed by atoms with Gasteiger partial charge in [-0.15, -0.1) is 11.3 Å². The lowest BCUT2D eigenvalue weighted by Crippen LogP contribution is -2.40. The van der Waals surface area contributed by atoms with E-state index in [-0.39, 0.29) is 25.5 Å². The van der Waals surface area contributed by atoms with Crippen LogP contribution in [-0.2, 0) is 11.2 Å². The normalized spacial score (nSPS) is 11.2. The largest absolute Gasteiger partial charge is 0.394 e. The van der Waals surface area contributed by atoms with Gasteiger partial charge in [0.2, 0.25) is 5.91 Å². The molecule has 0 radical (unpaired) electrons. The average Bonchev–Trinajstić information content (AvgIpc) is 2.86. The van der Waals surface area contributed by atoms with Crippen LogP contribution in [0.3, 0.4) is 0 Å². The number of amides is 1. The molecule has 0 saturated heterocycles. The summed E-state index contributed by atoms with van der Waals surface area (Å²) >= 11 is 1.50. The van der Waals surface area contributed by atoms with Gasteiger partial charge in [0, 0.05) is 17.8 Å². The molecule has 6 nitrogen and oxygen atoms in total. The van der Waals surface area contributed by atoms with Crippen molar-refractivity contribution >= 4 is 22.2 Å². The molecular weight excluding hydrogens is 242 g/mol. The minimum Gasteiger partial charge on any atom is -0.394 e. The van der Waals surface area contributed by atoms with Gasteiger partial charge in [-0.05, 0) is 0 Å². The highest BCUT2D eigenvalue weighted by Gasteiger charge is 2.12. The number of aromatic nitrogens is 2. The van der Waals surface area contributed by atoms with Crippen molar-refractivity contribution in [2.45, 2.75) is 12.5 Å². The Morgan fingerprint density at radius 2 is 2.29 bits per heavy atom. The summed E-state index contributed by atoms with van der Waals surface area (Å²) in [7, 11) is 0. The van der Waals surface area contributed by atoms with E-state index < -0.39 is 6.04 Å². The third-order valence-corrected chi connectivity index (χ3v) is 3.06. The second-order valence-corrected chi connectivity index (χ2v) is 4.50. The fourth-order valence-corrected chi connectivity index (χ4v) is 2.17. The van der Waals surface area contributed by atoms with E-state index in [1.54, 1.807) is 6.20 Å². The second-order valence-electron chi connectivity index (χ2n) is 3.63. The number of fused-ring (bicyclic) bond motifs is 1. The Balaban J connectivity index is 1.96. The van der Waals surface area contributed by atoms with Crippen molar-refractivity contribution in [1.82, 2.24) is 14.7 Å². The number of nitrogens with one attached hydrogen (secondary N) is 1. The third kappa shape index (κ3) is 2.82. The summed E-state index contributed by atoms with van der Waals surface area (Å²) in [4.78, 5) is 16.7. The van der Waals surface area contributed by atoms with Gasteiger partial charge in [0.15, 0.2) is 4.96 Å². The average molecular weight is 255 g/mol. The van der Waals surface area contributed by atoms with Crippen molar-refractivity contribution in [2.75, 3.05) is 13.2 Å². The SMILES string of the molecule is O=C(Cc1cn2ccsc2n1)NC(CO)CO. The predicted octanol–water partition coefficient (Wildman–Crippen LogP) is -0.592. The molecule has 3 N–H and O–H groups in total. The zero-order valence-corrected chi connectivity index (χ0v) is 9.85. The minimum atomic E-state index is -0.605. The lowest BCUT2D eigenvalue weighted by atomic mass is 10.2. The van der Waals surface area contributed by atoms with E-state index in [1.807, 2.05) is 16.0 Å². The molecule has 7 heteroatoms. The molecule has 92 valence electrons. The maximum atomic E-state index is 11.6. The van der Waals surface area contributed by atoms with Gasteiger partial charge in [0.25, 0.3) is 0 Å². The highest BCUT2D eigenvalue weighted by molar-refractivity contribution is 7.15. The molecule has 0 atom stereocenters. The number of thiazole rings is 1. The van der Waals surface area contributed by atoms with Crippen LogP contribution < -0.4 is 5.32 Å². The smallest absolute Gasteiger partial charge is 0.226 e. The molecule has 0 aliphatic heterocycles. The van der Waals surface area contributed by atoms with Crippen LogP contribution in [-0.4, -0.2) is 44.8 Å². The molecule has 0 aromatic carbocycles. The van der Waals surface area contributed by atoms with Gasteiger partial charge >= 0.3 is 0 Å². The number of imidazole rings is 1. The van der Waals surface area contributed by atoms with Crippen LogP contribution in [0, 0.1) is 0 Å². The van der Waals surface area contributed by atoms with Crippen LogP contribution in [0.25, 0.3) is 4.96 Å². The van der Waals surface area contributed by atoms with Gasteiger partial charge in [-0.1, -0.05) is 0 Å². The number of hydrogen-bond donors (Lipinski definition) is 3. The summed E-state index contributed by atoms with van der Waals surface area (Å²) in [5, 5.41) is 22.1. The quantitative estimate of drug-likeness (QED) is 0.666. The summed E-state index contributed by atoms with van der Waals surface area (Å²) < 4.78 is 1.85. The molecular formula is C10H13N3O3S. The fourth-order valence-electron chi connectivity index (χ4n) is 1.45. The Labute approximate surface area is 102 Å². The predicted molar refractivity (Wildman–Crippen MR) is 62.9 cm³/mol. The maximum Gasteiger partial charge on any atom is 0.226 e. The Morgan fingerprint density at radius 3 is 2.94 bits per heavy atom. The van der Waals surface area contributed by atoms with E-state index in [0.717, 1.165) is 4.96 Å². The molecule has 0 aliphatic carbocycles. The molecule has 0 bridgehead atoms. The fraction of sp³-hybridized carbons (Fsp3) is 0.400. The van der Waals surface area contributed by atoms with Crippen molar-refractivity contribution < 1.29 is 15.0 Å². The number of carbonyl (C=O) groups excluding carboxylic acids is 1. The van der Waals surface area contributed by atoms with Crippen LogP contribution in [0.1, 0.15) is 5.69 Å². The van der Waals surface area contributed by atoms with Crippen LogP contribution in [0.2, 0.25) is 0 Å². The van der Waals surface area contributed by atoms with Crippen LogP contribution in [0.5, 0.6) is 0 Å². The van der Waals surface area contributed by atoms with Crippen molar-refractivity contribution in [2.24, 2.45) is 0 Å². The van der Waals surface area contributed by atoms with E-state index >= 15 is 0 Å². The first kappa shape index (κ1) is 12.0. The first-order valence-electron chi connectivity index (χ1n) is 5.15. The van der Waals surface area contributed by atoms with Crippen molar-refractivity contribution in [3.05, 3.63) is 23.5 Å².